The van der Waals surface area contributed by atoms with Crippen molar-refractivity contribution in [3.63, 3.8) is 0 Å². The average molecular weight is 394 g/mol. The summed E-state index contributed by atoms with van der Waals surface area (Å²) in [6, 6.07) is 18.3. The van der Waals surface area contributed by atoms with Gasteiger partial charge in [0.2, 0.25) is 5.28 Å². The lowest BCUT2D eigenvalue weighted by molar-refractivity contribution is 1.02. The Morgan fingerprint density at radius 2 is 1.30 bits per heavy atom. The molecular weight excluding hydrogens is 385 g/mol. The van der Waals surface area contributed by atoms with Gasteiger partial charge in [-0.1, -0.05) is 54.6 Å². The summed E-state index contributed by atoms with van der Waals surface area (Å²) >= 11 is 7.89. The molecule has 3 rings (SSSR count). The monoisotopic (exact) mass is 393 g/mol. The molecule has 0 saturated heterocycles. The van der Waals surface area contributed by atoms with Crippen LogP contribution >= 0.6 is 34.2 Å². The molecule has 1 aromatic heterocycles. The SMILES string of the molecule is Clc1nc(I)nc(-c2ccc(-c3ccccc3)cc2)n1. The van der Waals surface area contributed by atoms with E-state index in [4.69, 9.17) is 11.6 Å². The maximum absolute atomic E-state index is 5.86. The van der Waals surface area contributed by atoms with Crippen molar-refractivity contribution in [2.24, 2.45) is 0 Å². The number of nitrogens with zero attached hydrogens (tertiary/aromatic N) is 3. The second-order valence-electron chi connectivity index (χ2n) is 4.14. The highest BCUT2D eigenvalue weighted by molar-refractivity contribution is 14.1. The van der Waals surface area contributed by atoms with E-state index in [-0.39, 0.29) is 5.28 Å². The lowest BCUT2D eigenvalue weighted by atomic mass is 10.0. The number of aromatic nitrogens is 3. The fourth-order valence-electron chi connectivity index (χ4n) is 1.90. The Labute approximate surface area is 135 Å². The van der Waals surface area contributed by atoms with E-state index in [2.05, 4.69) is 39.2 Å². The van der Waals surface area contributed by atoms with Gasteiger partial charge in [0, 0.05) is 28.2 Å². The van der Waals surface area contributed by atoms with Gasteiger partial charge in [0.05, 0.1) is 0 Å². The van der Waals surface area contributed by atoms with Crippen LogP contribution in [0.2, 0.25) is 5.28 Å². The van der Waals surface area contributed by atoms with E-state index in [1.807, 2.05) is 52.9 Å². The summed E-state index contributed by atoms with van der Waals surface area (Å²) in [4.78, 5) is 12.4. The second-order valence-corrected chi connectivity index (χ2v) is 5.44. The third-order valence-electron chi connectivity index (χ3n) is 2.83. The van der Waals surface area contributed by atoms with Gasteiger partial charge in [-0.15, -0.1) is 0 Å². The predicted molar refractivity (Wildman–Crippen MR) is 88.4 cm³/mol. The molecular formula is C15H9ClIN3. The summed E-state index contributed by atoms with van der Waals surface area (Å²) in [5.74, 6) is 0.592. The first-order chi connectivity index (χ1) is 9.72. The fraction of sp³-hybridized carbons (Fsp3) is 0. The molecule has 0 bridgehead atoms. The molecule has 0 amide bonds. The Morgan fingerprint density at radius 1 is 0.700 bits per heavy atom. The van der Waals surface area contributed by atoms with Gasteiger partial charge in [0.25, 0.3) is 0 Å². The van der Waals surface area contributed by atoms with Crippen LogP contribution in [0.3, 0.4) is 0 Å². The van der Waals surface area contributed by atoms with Gasteiger partial charge in [-0.25, -0.2) is 4.98 Å². The van der Waals surface area contributed by atoms with Crippen LogP contribution in [0.1, 0.15) is 0 Å². The molecule has 0 aliphatic heterocycles. The molecule has 0 saturated carbocycles. The van der Waals surface area contributed by atoms with Crippen molar-refractivity contribution >= 4 is 34.2 Å². The van der Waals surface area contributed by atoms with Crippen LogP contribution in [0.25, 0.3) is 22.5 Å². The van der Waals surface area contributed by atoms with Crippen molar-refractivity contribution in [2.75, 3.05) is 0 Å². The number of hydrogen-bond donors (Lipinski definition) is 0. The second kappa shape index (κ2) is 5.85. The summed E-state index contributed by atoms with van der Waals surface area (Å²) in [6.45, 7) is 0. The normalized spacial score (nSPS) is 10.5. The van der Waals surface area contributed by atoms with Gasteiger partial charge in [-0.05, 0) is 22.7 Å². The quantitative estimate of drug-likeness (QED) is 0.603. The zero-order chi connectivity index (χ0) is 13.9. The predicted octanol–water partition coefficient (Wildman–Crippen LogP) is 4.46. The first-order valence-electron chi connectivity index (χ1n) is 5.95. The van der Waals surface area contributed by atoms with E-state index < -0.39 is 0 Å². The van der Waals surface area contributed by atoms with Gasteiger partial charge in [-0.3, -0.25) is 0 Å². The molecule has 0 fully saturated rings. The summed E-state index contributed by atoms with van der Waals surface area (Å²) in [7, 11) is 0. The van der Waals surface area contributed by atoms with Crippen molar-refractivity contribution in [1.29, 1.82) is 0 Å². The Balaban J connectivity index is 1.97. The Hall–Kier alpha value is -1.53. The molecule has 0 radical (unpaired) electrons. The number of benzene rings is 2. The van der Waals surface area contributed by atoms with Crippen LogP contribution in [0.5, 0.6) is 0 Å². The minimum absolute atomic E-state index is 0.214. The molecule has 0 spiro atoms. The molecule has 98 valence electrons. The van der Waals surface area contributed by atoms with Gasteiger partial charge in [-0.2, -0.15) is 9.97 Å². The van der Waals surface area contributed by atoms with Crippen LogP contribution in [0.4, 0.5) is 0 Å². The molecule has 5 heteroatoms. The topological polar surface area (TPSA) is 38.7 Å². The summed E-state index contributed by atoms with van der Waals surface area (Å²) in [6.07, 6.45) is 0. The van der Waals surface area contributed by atoms with Crippen LogP contribution in [-0.4, -0.2) is 15.0 Å². The van der Waals surface area contributed by atoms with E-state index in [1.165, 1.54) is 5.56 Å². The summed E-state index contributed by atoms with van der Waals surface area (Å²) < 4.78 is 0.588. The highest BCUT2D eigenvalue weighted by atomic mass is 127. The molecule has 0 atom stereocenters. The molecule has 0 aliphatic rings. The minimum atomic E-state index is 0.214. The smallest absolute Gasteiger partial charge is 0.203 e. The molecule has 2 aromatic carbocycles. The minimum Gasteiger partial charge on any atom is -0.203 e. The van der Waals surface area contributed by atoms with Gasteiger partial charge < -0.3 is 0 Å². The third kappa shape index (κ3) is 2.96. The van der Waals surface area contributed by atoms with Crippen LogP contribution < -0.4 is 0 Å². The van der Waals surface area contributed by atoms with Crippen molar-refractivity contribution in [1.82, 2.24) is 15.0 Å². The first kappa shape index (κ1) is 13.5. The van der Waals surface area contributed by atoms with Crippen molar-refractivity contribution in [3.8, 4) is 22.5 Å². The van der Waals surface area contributed by atoms with Gasteiger partial charge >= 0.3 is 0 Å². The highest BCUT2D eigenvalue weighted by Crippen LogP contribution is 2.23. The van der Waals surface area contributed by atoms with E-state index in [0.29, 0.717) is 9.66 Å². The van der Waals surface area contributed by atoms with E-state index in [0.717, 1.165) is 11.1 Å². The van der Waals surface area contributed by atoms with Crippen LogP contribution in [0, 0.1) is 3.83 Å². The number of halogens is 2. The maximum atomic E-state index is 5.86. The van der Waals surface area contributed by atoms with E-state index >= 15 is 0 Å². The van der Waals surface area contributed by atoms with Crippen molar-refractivity contribution in [2.45, 2.75) is 0 Å². The largest absolute Gasteiger partial charge is 0.226 e. The molecule has 1 heterocycles. The lowest BCUT2D eigenvalue weighted by Gasteiger charge is -2.04. The standard InChI is InChI=1S/C15H9ClIN3/c16-14-18-13(19-15(17)20-14)12-8-6-11(7-9-12)10-4-2-1-3-5-10/h1-9H. The summed E-state index contributed by atoms with van der Waals surface area (Å²) in [5, 5.41) is 0.214. The van der Waals surface area contributed by atoms with Gasteiger partial charge in [0.15, 0.2) is 9.66 Å². The Bertz CT molecular complexity index is 710. The molecule has 0 aliphatic carbocycles. The van der Waals surface area contributed by atoms with Gasteiger partial charge in [0.1, 0.15) is 0 Å². The number of rotatable bonds is 2. The molecule has 20 heavy (non-hydrogen) atoms. The highest BCUT2D eigenvalue weighted by Gasteiger charge is 2.06. The lowest BCUT2D eigenvalue weighted by Crippen LogP contribution is -1.96. The molecule has 0 unspecified atom stereocenters. The van der Waals surface area contributed by atoms with Crippen LogP contribution in [0.15, 0.2) is 54.6 Å². The van der Waals surface area contributed by atoms with E-state index in [1.54, 1.807) is 0 Å². The zero-order valence-corrected chi connectivity index (χ0v) is 13.2. The average Bonchev–Trinajstić information content (AvgIpc) is 2.47. The molecule has 3 nitrogen and oxygen atoms in total. The first-order valence-corrected chi connectivity index (χ1v) is 7.41. The van der Waals surface area contributed by atoms with E-state index in [9.17, 15) is 0 Å². The Morgan fingerprint density at radius 3 is 1.95 bits per heavy atom. The van der Waals surface area contributed by atoms with Crippen molar-refractivity contribution < 1.29 is 0 Å². The van der Waals surface area contributed by atoms with Crippen LogP contribution in [-0.2, 0) is 0 Å². The Kier molecular flexibility index (Phi) is 3.93. The maximum Gasteiger partial charge on any atom is 0.226 e. The molecule has 3 aromatic rings. The summed E-state index contributed by atoms with van der Waals surface area (Å²) in [5.41, 5.74) is 3.26. The number of hydrogen-bond acceptors (Lipinski definition) is 3. The van der Waals surface area contributed by atoms with Crippen molar-refractivity contribution in [3.05, 3.63) is 63.7 Å². The molecule has 0 N–H and O–H groups in total. The third-order valence-corrected chi connectivity index (χ3v) is 3.48. The fourth-order valence-corrected chi connectivity index (χ4v) is 2.66. The zero-order valence-electron chi connectivity index (χ0n) is 10.3.